The van der Waals surface area contributed by atoms with Gasteiger partial charge in [-0.15, -0.1) is 0 Å². The average Bonchev–Trinajstić information content (AvgIpc) is 2.14. The molecular weight excluding hydrogens is 256 g/mol. The molecule has 84 valence electrons. The zero-order valence-corrected chi connectivity index (χ0v) is 10.9. The molecule has 1 aromatic heterocycles. The first kappa shape index (κ1) is 12.6. The Hall–Kier alpha value is -0.450. The fraction of sp³-hybridized carbons (Fsp3) is 0.545. The minimum Gasteiger partial charge on any atom is -0.385 e. The highest BCUT2D eigenvalue weighted by atomic mass is 79.9. The van der Waals surface area contributed by atoms with Crippen LogP contribution in [0, 0.1) is 0 Å². The van der Waals surface area contributed by atoms with E-state index >= 15 is 0 Å². The van der Waals surface area contributed by atoms with Gasteiger partial charge in [0.1, 0.15) is 6.10 Å². The lowest BCUT2D eigenvalue weighted by atomic mass is 10.1. The number of hydrogen-bond acceptors (Lipinski definition) is 3. The third kappa shape index (κ3) is 4.73. The Labute approximate surface area is 99.1 Å². The van der Waals surface area contributed by atoms with E-state index in [9.17, 15) is 5.11 Å². The molecule has 0 saturated carbocycles. The molecule has 0 aliphatic heterocycles. The maximum atomic E-state index is 9.83. The third-order valence-electron chi connectivity index (χ3n) is 1.92. The van der Waals surface area contributed by atoms with Gasteiger partial charge < -0.3 is 10.4 Å². The number of hydrogen-bond donors (Lipinski definition) is 2. The molecule has 0 aliphatic carbocycles. The molecule has 0 fully saturated rings. The van der Waals surface area contributed by atoms with E-state index < -0.39 is 6.10 Å². The van der Waals surface area contributed by atoms with Crippen molar-refractivity contribution in [2.45, 2.75) is 32.4 Å². The van der Waals surface area contributed by atoms with E-state index in [1.54, 1.807) is 6.20 Å². The second-order valence-corrected chi connectivity index (χ2v) is 5.46. The summed E-state index contributed by atoms with van der Waals surface area (Å²) in [6.07, 6.45) is 1.13. The predicted molar refractivity (Wildman–Crippen MR) is 64.7 cm³/mol. The first-order chi connectivity index (χ1) is 6.88. The SMILES string of the molecule is CC(C)(C)NCC(O)c1ccc(Br)cn1. The van der Waals surface area contributed by atoms with Crippen LogP contribution in [0.4, 0.5) is 0 Å². The number of rotatable bonds is 3. The van der Waals surface area contributed by atoms with Crippen LogP contribution in [0.3, 0.4) is 0 Å². The minimum atomic E-state index is -0.558. The van der Waals surface area contributed by atoms with Crippen molar-refractivity contribution in [2.24, 2.45) is 0 Å². The topological polar surface area (TPSA) is 45.1 Å². The maximum Gasteiger partial charge on any atom is 0.108 e. The van der Waals surface area contributed by atoms with E-state index in [0.717, 1.165) is 4.47 Å². The summed E-state index contributed by atoms with van der Waals surface area (Å²) < 4.78 is 0.919. The lowest BCUT2D eigenvalue weighted by molar-refractivity contribution is 0.159. The minimum absolute atomic E-state index is 0.0103. The second kappa shape index (κ2) is 5.05. The van der Waals surface area contributed by atoms with Crippen molar-refractivity contribution >= 4 is 15.9 Å². The van der Waals surface area contributed by atoms with Gasteiger partial charge in [-0.3, -0.25) is 4.98 Å². The summed E-state index contributed by atoms with van der Waals surface area (Å²) in [5.41, 5.74) is 0.700. The largest absolute Gasteiger partial charge is 0.385 e. The van der Waals surface area contributed by atoms with E-state index in [4.69, 9.17) is 0 Å². The van der Waals surface area contributed by atoms with Gasteiger partial charge in [-0.25, -0.2) is 0 Å². The molecule has 4 heteroatoms. The van der Waals surface area contributed by atoms with Crippen molar-refractivity contribution in [3.05, 3.63) is 28.5 Å². The lowest BCUT2D eigenvalue weighted by Gasteiger charge is -2.22. The van der Waals surface area contributed by atoms with Crippen molar-refractivity contribution in [3.63, 3.8) is 0 Å². The van der Waals surface area contributed by atoms with Crippen LogP contribution in [0.15, 0.2) is 22.8 Å². The van der Waals surface area contributed by atoms with Gasteiger partial charge in [0.25, 0.3) is 0 Å². The van der Waals surface area contributed by atoms with Crippen molar-refractivity contribution in [1.29, 1.82) is 0 Å². The maximum absolute atomic E-state index is 9.83. The summed E-state index contributed by atoms with van der Waals surface area (Å²) in [5.74, 6) is 0. The van der Waals surface area contributed by atoms with E-state index in [1.165, 1.54) is 0 Å². The van der Waals surface area contributed by atoms with Crippen LogP contribution in [-0.2, 0) is 0 Å². The van der Waals surface area contributed by atoms with E-state index in [1.807, 2.05) is 12.1 Å². The van der Waals surface area contributed by atoms with Crippen LogP contribution in [0.25, 0.3) is 0 Å². The van der Waals surface area contributed by atoms with Crippen LogP contribution < -0.4 is 5.32 Å². The zero-order chi connectivity index (χ0) is 11.5. The molecule has 1 atom stereocenters. The molecule has 1 rings (SSSR count). The van der Waals surface area contributed by atoms with Crippen LogP contribution in [-0.4, -0.2) is 22.2 Å². The Balaban J connectivity index is 2.54. The van der Waals surface area contributed by atoms with Crippen LogP contribution >= 0.6 is 15.9 Å². The summed E-state index contributed by atoms with van der Waals surface area (Å²) in [4.78, 5) is 4.14. The average molecular weight is 273 g/mol. The smallest absolute Gasteiger partial charge is 0.108 e. The molecule has 0 aliphatic rings. The van der Waals surface area contributed by atoms with E-state index in [0.29, 0.717) is 12.2 Å². The number of β-amino-alcohol motifs (C(OH)–C–C–N with tert-alkyl or cyclic N) is 1. The molecule has 3 nitrogen and oxygen atoms in total. The number of nitrogens with one attached hydrogen (secondary N) is 1. The molecule has 0 aromatic carbocycles. The Morgan fingerprint density at radius 3 is 2.60 bits per heavy atom. The molecule has 2 N–H and O–H groups in total. The monoisotopic (exact) mass is 272 g/mol. The molecular formula is C11H17BrN2O. The highest BCUT2D eigenvalue weighted by Crippen LogP contribution is 2.13. The quantitative estimate of drug-likeness (QED) is 0.888. The highest BCUT2D eigenvalue weighted by molar-refractivity contribution is 9.10. The van der Waals surface area contributed by atoms with Gasteiger partial charge in [-0.05, 0) is 48.8 Å². The molecule has 1 heterocycles. The molecule has 0 radical (unpaired) electrons. The summed E-state index contributed by atoms with van der Waals surface area (Å²) in [7, 11) is 0. The summed E-state index contributed by atoms with van der Waals surface area (Å²) in [6.45, 7) is 6.70. The van der Waals surface area contributed by atoms with Crippen molar-refractivity contribution < 1.29 is 5.11 Å². The van der Waals surface area contributed by atoms with Gasteiger partial charge in [-0.1, -0.05) is 0 Å². The molecule has 0 bridgehead atoms. The van der Waals surface area contributed by atoms with Crippen LogP contribution in [0.1, 0.15) is 32.6 Å². The first-order valence-electron chi connectivity index (χ1n) is 4.93. The Morgan fingerprint density at radius 1 is 1.47 bits per heavy atom. The van der Waals surface area contributed by atoms with E-state index in [-0.39, 0.29) is 5.54 Å². The van der Waals surface area contributed by atoms with Crippen LogP contribution in [0.5, 0.6) is 0 Å². The Morgan fingerprint density at radius 2 is 2.13 bits per heavy atom. The third-order valence-corrected chi connectivity index (χ3v) is 2.39. The number of halogens is 1. The fourth-order valence-electron chi connectivity index (χ4n) is 1.09. The highest BCUT2D eigenvalue weighted by Gasteiger charge is 2.14. The summed E-state index contributed by atoms with van der Waals surface area (Å²) in [6, 6.07) is 3.70. The fourth-order valence-corrected chi connectivity index (χ4v) is 1.33. The predicted octanol–water partition coefficient (Wildman–Crippen LogP) is 2.27. The van der Waals surface area contributed by atoms with Gasteiger partial charge in [-0.2, -0.15) is 0 Å². The summed E-state index contributed by atoms with van der Waals surface area (Å²) >= 11 is 3.31. The first-order valence-corrected chi connectivity index (χ1v) is 5.72. The number of aromatic nitrogens is 1. The second-order valence-electron chi connectivity index (χ2n) is 4.55. The van der Waals surface area contributed by atoms with Crippen molar-refractivity contribution in [1.82, 2.24) is 10.3 Å². The van der Waals surface area contributed by atoms with Gasteiger partial charge in [0.2, 0.25) is 0 Å². The normalized spacial score (nSPS) is 13.9. The van der Waals surface area contributed by atoms with E-state index in [2.05, 4.69) is 47.0 Å². The molecule has 1 aromatic rings. The van der Waals surface area contributed by atoms with Gasteiger partial charge in [0.15, 0.2) is 0 Å². The van der Waals surface area contributed by atoms with Crippen LogP contribution in [0.2, 0.25) is 0 Å². The Bertz CT molecular complexity index is 305. The molecule has 15 heavy (non-hydrogen) atoms. The lowest BCUT2D eigenvalue weighted by Crippen LogP contribution is -2.38. The number of aliphatic hydroxyl groups is 1. The molecule has 0 amide bonds. The van der Waals surface area contributed by atoms with Gasteiger partial charge in [0.05, 0.1) is 5.69 Å². The van der Waals surface area contributed by atoms with Gasteiger partial charge >= 0.3 is 0 Å². The van der Waals surface area contributed by atoms with Crippen molar-refractivity contribution in [3.8, 4) is 0 Å². The number of pyridine rings is 1. The van der Waals surface area contributed by atoms with Crippen molar-refractivity contribution in [2.75, 3.05) is 6.54 Å². The molecule has 1 unspecified atom stereocenters. The summed E-state index contributed by atoms with van der Waals surface area (Å²) in [5, 5.41) is 13.1. The number of aliphatic hydroxyl groups excluding tert-OH is 1. The zero-order valence-electron chi connectivity index (χ0n) is 9.29. The number of nitrogens with zero attached hydrogens (tertiary/aromatic N) is 1. The molecule has 0 spiro atoms. The molecule has 0 saturated heterocycles. The van der Waals surface area contributed by atoms with Gasteiger partial charge in [0, 0.05) is 22.8 Å². The standard InChI is InChI=1S/C11H17BrN2O/c1-11(2,3)14-7-10(15)9-5-4-8(12)6-13-9/h4-6,10,14-15H,7H2,1-3H3. The Kier molecular flexibility index (Phi) is 4.25.